The van der Waals surface area contributed by atoms with Crippen LogP contribution in [0.5, 0.6) is 0 Å². The first kappa shape index (κ1) is 15.2. The Kier molecular flexibility index (Phi) is 5.11. The van der Waals surface area contributed by atoms with Crippen LogP contribution in [0.1, 0.15) is 37.0 Å². The van der Waals surface area contributed by atoms with Crippen molar-refractivity contribution in [1.82, 2.24) is 10.6 Å². The molecule has 2 unspecified atom stereocenters. The van der Waals surface area contributed by atoms with Crippen molar-refractivity contribution in [2.75, 3.05) is 6.54 Å². The maximum Gasteiger partial charge on any atom is 0.327 e. The molecule has 0 aliphatic carbocycles. The van der Waals surface area contributed by atoms with Crippen molar-refractivity contribution in [3.05, 3.63) is 23.2 Å². The fourth-order valence-corrected chi connectivity index (χ4v) is 1.93. The van der Waals surface area contributed by atoms with Crippen molar-refractivity contribution in [3.63, 3.8) is 0 Å². The molecule has 0 fully saturated rings. The fraction of sp³-hybridized carbons (Fsp3) is 0.538. The van der Waals surface area contributed by atoms with Crippen LogP contribution < -0.4 is 10.6 Å². The van der Waals surface area contributed by atoms with Crippen LogP contribution in [0.15, 0.2) is 10.5 Å². The van der Waals surface area contributed by atoms with Crippen molar-refractivity contribution >= 4 is 11.9 Å². The molecule has 1 rings (SSSR count). The molecule has 1 aromatic heterocycles. The number of nitrogens with one attached hydrogen (secondary N) is 2. The van der Waals surface area contributed by atoms with Gasteiger partial charge in [-0.05, 0) is 26.8 Å². The number of rotatable bonds is 6. The molecule has 2 atom stereocenters. The number of carbonyl (C=O) groups is 2. The van der Waals surface area contributed by atoms with Gasteiger partial charge in [-0.2, -0.15) is 0 Å². The third kappa shape index (κ3) is 4.40. The largest absolute Gasteiger partial charge is 0.480 e. The van der Waals surface area contributed by atoms with E-state index in [1.54, 1.807) is 0 Å². The average molecular weight is 268 g/mol. The summed E-state index contributed by atoms with van der Waals surface area (Å²) in [4.78, 5) is 21.9. The van der Waals surface area contributed by atoms with Gasteiger partial charge in [-0.15, -0.1) is 0 Å². The van der Waals surface area contributed by atoms with Crippen LogP contribution in [0.3, 0.4) is 0 Å². The maximum atomic E-state index is 11.0. The summed E-state index contributed by atoms with van der Waals surface area (Å²) in [5, 5.41) is 14.5. The van der Waals surface area contributed by atoms with Gasteiger partial charge < -0.3 is 20.2 Å². The Morgan fingerprint density at radius 2 is 2.05 bits per heavy atom. The Balaban J connectivity index is 2.61. The van der Waals surface area contributed by atoms with E-state index in [-0.39, 0.29) is 18.5 Å². The van der Waals surface area contributed by atoms with Gasteiger partial charge in [-0.25, -0.2) is 4.79 Å². The predicted molar refractivity (Wildman–Crippen MR) is 69.8 cm³/mol. The highest BCUT2D eigenvalue weighted by molar-refractivity contribution is 5.82. The third-order valence-electron chi connectivity index (χ3n) is 2.85. The molecule has 3 N–H and O–H groups in total. The molecule has 6 heteroatoms. The van der Waals surface area contributed by atoms with Gasteiger partial charge in [0.05, 0.1) is 0 Å². The van der Waals surface area contributed by atoms with E-state index in [1.165, 1.54) is 6.92 Å². The Hall–Kier alpha value is -1.82. The van der Waals surface area contributed by atoms with E-state index in [0.717, 1.165) is 17.1 Å². The molecule has 6 nitrogen and oxygen atoms in total. The smallest absolute Gasteiger partial charge is 0.327 e. The lowest BCUT2D eigenvalue weighted by molar-refractivity contribution is -0.141. The number of carbonyl (C=O) groups excluding carboxylic acids is 1. The molecule has 0 radical (unpaired) electrons. The molecule has 0 aliphatic rings. The number of furan rings is 1. The maximum absolute atomic E-state index is 11.0. The van der Waals surface area contributed by atoms with Crippen molar-refractivity contribution in [2.45, 2.75) is 39.8 Å². The lowest BCUT2D eigenvalue weighted by Crippen LogP contribution is -2.46. The topological polar surface area (TPSA) is 91.6 Å². The molecule has 19 heavy (non-hydrogen) atoms. The highest BCUT2D eigenvalue weighted by Crippen LogP contribution is 2.20. The second-order valence-electron chi connectivity index (χ2n) is 4.59. The highest BCUT2D eigenvalue weighted by Gasteiger charge is 2.20. The summed E-state index contributed by atoms with van der Waals surface area (Å²) >= 11 is 0. The summed E-state index contributed by atoms with van der Waals surface area (Å²) in [6, 6.07) is 0.933. The van der Waals surface area contributed by atoms with E-state index in [4.69, 9.17) is 9.52 Å². The number of amides is 1. The molecular formula is C13H20N2O4. The zero-order chi connectivity index (χ0) is 14.6. The minimum Gasteiger partial charge on any atom is -0.480 e. The van der Waals surface area contributed by atoms with Crippen LogP contribution in [-0.2, 0) is 9.59 Å². The molecule has 106 valence electrons. The van der Waals surface area contributed by atoms with Gasteiger partial charge in [-0.1, -0.05) is 0 Å². The molecule has 0 saturated heterocycles. The van der Waals surface area contributed by atoms with Gasteiger partial charge in [0.15, 0.2) is 0 Å². The van der Waals surface area contributed by atoms with E-state index in [0.29, 0.717) is 0 Å². The molecular weight excluding hydrogens is 248 g/mol. The van der Waals surface area contributed by atoms with Gasteiger partial charge in [0.25, 0.3) is 0 Å². The summed E-state index contributed by atoms with van der Waals surface area (Å²) in [7, 11) is 0. The SMILES string of the molecule is CC(=O)NC(CNC(C)c1cc(C)oc1C)C(=O)O. The van der Waals surface area contributed by atoms with Gasteiger partial charge in [-0.3, -0.25) is 4.79 Å². The average Bonchev–Trinajstić information content (AvgIpc) is 2.62. The number of carboxylic acid groups (broad SMARTS) is 1. The first-order valence-corrected chi connectivity index (χ1v) is 6.11. The standard InChI is InChI=1S/C13H20N2O4/c1-7-5-11(9(3)19-7)8(2)14-6-12(13(17)18)15-10(4)16/h5,8,12,14H,6H2,1-4H3,(H,15,16)(H,17,18). The van der Waals surface area contributed by atoms with Gasteiger partial charge in [0.2, 0.25) is 5.91 Å². The minimum absolute atomic E-state index is 0.0481. The van der Waals surface area contributed by atoms with Crippen molar-refractivity contribution in [1.29, 1.82) is 0 Å². The van der Waals surface area contributed by atoms with Gasteiger partial charge >= 0.3 is 5.97 Å². The zero-order valence-corrected chi connectivity index (χ0v) is 11.6. The van der Waals surface area contributed by atoms with E-state index in [9.17, 15) is 9.59 Å². The van der Waals surface area contributed by atoms with Crippen molar-refractivity contribution < 1.29 is 19.1 Å². The molecule has 0 spiro atoms. The highest BCUT2D eigenvalue weighted by atomic mass is 16.4. The second-order valence-corrected chi connectivity index (χ2v) is 4.59. The lowest BCUT2D eigenvalue weighted by Gasteiger charge is -2.18. The van der Waals surface area contributed by atoms with Crippen molar-refractivity contribution in [3.8, 4) is 0 Å². The Labute approximate surface area is 112 Å². The number of aliphatic carboxylic acids is 1. The molecule has 0 aliphatic heterocycles. The first-order valence-electron chi connectivity index (χ1n) is 6.11. The number of carboxylic acids is 1. The molecule has 1 heterocycles. The molecule has 1 amide bonds. The predicted octanol–water partition coefficient (Wildman–Crippen LogP) is 1.14. The quantitative estimate of drug-likeness (QED) is 0.719. The Bertz CT molecular complexity index is 467. The van der Waals surface area contributed by atoms with Crippen LogP contribution in [0.25, 0.3) is 0 Å². The molecule has 0 aromatic carbocycles. The summed E-state index contributed by atoms with van der Waals surface area (Å²) in [5.41, 5.74) is 0.990. The van der Waals surface area contributed by atoms with Crippen LogP contribution in [0, 0.1) is 13.8 Å². The first-order chi connectivity index (χ1) is 8.81. The summed E-state index contributed by atoms with van der Waals surface area (Å²) < 4.78 is 5.43. The van der Waals surface area contributed by atoms with Crippen LogP contribution in [0.2, 0.25) is 0 Å². The number of hydrogen-bond donors (Lipinski definition) is 3. The summed E-state index contributed by atoms with van der Waals surface area (Å²) in [6.07, 6.45) is 0. The van der Waals surface area contributed by atoms with E-state index in [1.807, 2.05) is 26.8 Å². The van der Waals surface area contributed by atoms with Crippen molar-refractivity contribution in [2.24, 2.45) is 0 Å². The summed E-state index contributed by atoms with van der Waals surface area (Å²) in [6.45, 7) is 7.09. The number of aryl methyl sites for hydroxylation is 2. The number of hydrogen-bond acceptors (Lipinski definition) is 4. The lowest BCUT2D eigenvalue weighted by atomic mass is 10.1. The zero-order valence-electron chi connectivity index (χ0n) is 11.6. The van der Waals surface area contributed by atoms with Gasteiger partial charge in [0.1, 0.15) is 17.6 Å². The van der Waals surface area contributed by atoms with Crippen LogP contribution in [0.4, 0.5) is 0 Å². The minimum atomic E-state index is -1.06. The monoisotopic (exact) mass is 268 g/mol. The van der Waals surface area contributed by atoms with E-state index >= 15 is 0 Å². The summed E-state index contributed by atoms with van der Waals surface area (Å²) in [5.74, 6) is 0.203. The van der Waals surface area contributed by atoms with Crippen LogP contribution >= 0.6 is 0 Å². The second kappa shape index (κ2) is 6.38. The molecule has 1 aromatic rings. The van der Waals surface area contributed by atoms with E-state index < -0.39 is 12.0 Å². The van der Waals surface area contributed by atoms with Crippen LogP contribution in [-0.4, -0.2) is 29.6 Å². The fourth-order valence-electron chi connectivity index (χ4n) is 1.93. The van der Waals surface area contributed by atoms with Gasteiger partial charge in [0, 0.05) is 25.1 Å². The Morgan fingerprint density at radius 3 is 2.47 bits per heavy atom. The van der Waals surface area contributed by atoms with E-state index in [2.05, 4.69) is 10.6 Å². The third-order valence-corrected chi connectivity index (χ3v) is 2.85. The molecule has 0 bridgehead atoms. The Morgan fingerprint density at radius 1 is 1.42 bits per heavy atom. The molecule has 0 saturated carbocycles. The normalized spacial score (nSPS) is 13.9.